The molecule has 0 saturated carbocycles. The third-order valence-electron chi connectivity index (χ3n) is 3.15. The molecule has 0 atom stereocenters. The van der Waals surface area contributed by atoms with Crippen LogP contribution in [0, 0.1) is 13.8 Å². The molecule has 0 spiro atoms. The fraction of sp³-hybridized carbons (Fsp3) is 0.286. The molecule has 2 rings (SSSR count). The van der Waals surface area contributed by atoms with Crippen molar-refractivity contribution in [1.29, 1.82) is 0 Å². The van der Waals surface area contributed by atoms with Crippen LogP contribution < -0.4 is 5.56 Å². The van der Waals surface area contributed by atoms with E-state index in [1.165, 1.54) is 0 Å². The van der Waals surface area contributed by atoms with E-state index in [2.05, 4.69) is 10.2 Å². The van der Waals surface area contributed by atoms with Crippen LogP contribution in [0.5, 0.6) is 0 Å². The summed E-state index contributed by atoms with van der Waals surface area (Å²) >= 11 is 0. The fourth-order valence-corrected chi connectivity index (χ4v) is 2.31. The van der Waals surface area contributed by atoms with E-state index in [1.807, 2.05) is 0 Å². The molecule has 20 heavy (non-hydrogen) atoms. The van der Waals surface area contributed by atoms with Gasteiger partial charge >= 0.3 is 5.97 Å². The van der Waals surface area contributed by atoms with Crippen LogP contribution in [0.15, 0.2) is 10.9 Å². The summed E-state index contributed by atoms with van der Waals surface area (Å²) in [6.07, 6.45) is 0.571. The van der Waals surface area contributed by atoms with Crippen molar-refractivity contribution in [3.05, 3.63) is 38.8 Å². The van der Waals surface area contributed by atoms with Crippen LogP contribution in [0.4, 0.5) is 0 Å². The van der Waals surface area contributed by atoms with Crippen LogP contribution in [0.25, 0.3) is 10.8 Å². The Labute approximate surface area is 114 Å². The quantitative estimate of drug-likeness (QED) is 0.677. The second-order valence-electron chi connectivity index (χ2n) is 4.39. The highest BCUT2D eigenvalue weighted by Gasteiger charge is 2.19. The number of nitrogens with zero attached hydrogens (tertiary/aromatic N) is 1. The van der Waals surface area contributed by atoms with Gasteiger partial charge in [0.1, 0.15) is 5.69 Å². The van der Waals surface area contributed by atoms with Crippen LogP contribution in [-0.2, 0) is 4.74 Å². The molecule has 0 unspecified atom stereocenters. The molecule has 0 aliphatic carbocycles. The first-order valence-electron chi connectivity index (χ1n) is 6.16. The average Bonchev–Trinajstić information content (AvgIpc) is 2.39. The maximum atomic E-state index is 12.0. The summed E-state index contributed by atoms with van der Waals surface area (Å²) in [6.45, 7) is 5.35. The Morgan fingerprint density at radius 3 is 2.75 bits per heavy atom. The minimum absolute atomic E-state index is 0.140. The molecule has 0 saturated heterocycles. The molecule has 0 amide bonds. The van der Waals surface area contributed by atoms with E-state index in [-0.39, 0.29) is 17.7 Å². The van der Waals surface area contributed by atoms with Gasteiger partial charge in [-0.25, -0.2) is 9.89 Å². The molecule has 6 nitrogen and oxygen atoms in total. The van der Waals surface area contributed by atoms with E-state index in [0.29, 0.717) is 28.4 Å². The Morgan fingerprint density at radius 1 is 1.45 bits per heavy atom. The predicted molar refractivity (Wildman–Crippen MR) is 73.2 cm³/mol. The number of carbonyl (C=O) groups is 2. The first-order valence-corrected chi connectivity index (χ1v) is 6.16. The SMILES string of the molecule is CCOC(=O)c1c(C)cc2c(C=O)n[nH]c(=O)c2c1C. The first-order chi connectivity index (χ1) is 9.51. The monoisotopic (exact) mass is 274 g/mol. The number of esters is 1. The molecule has 104 valence electrons. The van der Waals surface area contributed by atoms with Gasteiger partial charge in [0.2, 0.25) is 0 Å². The number of ether oxygens (including phenoxy) is 1. The van der Waals surface area contributed by atoms with E-state index >= 15 is 0 Å². The number of hydrogen-bond donors (Lipinski definition) is 1. The van der Waals surface area contributed by atoms with Crippen molar-refractivity contribution >= 4 is 23.0 Å². The Bertz CT molecular complexity index is 762. The zero-order valence-corrected chi connectivity index (χ0v) is 11.4. The van der Waals surface area contributed by atoms with Gasteiger partial charge in [-0.1, -0.05) is 0 Å². The normalized spacial score (nSPS) is 10.6. The molecule has 0 aliphatic rings. The Balaban J connectivity index is 2.89. The van der Waals surface area contributed by atoms with Gasteiger partial charge in [0.25, 0.3) is 5.56 Å². The van der Waals surface area contributed by atoms with Crippen molar-refractivity contribution in [2.75, 3.05) is 6.61 Å². The highest BCUT2D eigenvalue weighted by molar-refractivity contribution is 6.03. The summed E-state index contributed by atoms with van der Waals surface area (Å²) in [5.41, 5.74) is 1.19. The lowest BCUT2D eigenvalue weighted by Crippen LogP contribution is -2.16. The number of aromatic nitrogens is 2. The Kier molecular flexibility index (Phi) is 3.65. The topological polar surface area (TPSA) is 89.1 Å². The molecule has 1 heterocycles. The summed E-state index contributed by atoms with van der Waals surface area (Å²) in [5, 5.41) is 6.68. The van der Waals surface area contributed by atoms with Crippen molar-refractivity contribution in [2.24, 2.45) is 0 Å². The van der Waals surface area contributed by atoms with Crippen molar-refractivity contribution < 1.29 is 14.3 Å². The summed E-state index contributed by atoms with van der Waals surface area (Å²) in [5.74, 6) is -0.478. The van der Waals surface area contributed by atoms with Crippen molar-refractivity contribution in [3.8, 4) is 0 Å². The molecule has 0 radical (unpaired) electrons. The van der Waals surface area contributed by atoms with Gasteiger partial charge in [-0.3, -0.25) is 9.59 Å². The lowest BCUT2D eigenvalue weighted by molar-refractivity contribution is 0.0525. The van der Waals surface area contributed by atoms with Crippen LogP contribution >= 0.6 is 0 Å². The van der Waals surface area contributed by atoms with Gasteiger partial charge in [0.15, 0.2) is 6.29 Å². The second kappa shape index (κ2) is 5.24. The molecule has 1 aromatic carbocycles. The zero-order valence-electron chi connectivity index (χ0n) is 11.4. The van der Waals surface area contributed by atoms with Crippen molar-refractivity contribution in [3.63, 3.8) is 0 Å². The van der Waals surface area contributed by atoms with Gasteiger partial charge in [-0.05, 0) is 38.0 Å². The van der Waals surface area contributed by atoms with Crippen LogP contribution in [0.3, 0.4) is 0 Å². The lowest BCUT2D eigenvalue weighted by atomic mass is 9.96. The number of H-pyrrole nitrogens is 1. The number of carbonyl (C=O) groups excluding carboxylic acids is 2. The number of aromatic amines is 1. The number of aldehydes is 1. The highest BCUT2D eigenvalue weighted by atomic mass is 16.5. The summed E-state index contributed by atoms with van der Waals surface area (Å²) in [7, 11) is 0. The van der Waals surface area contributed by atoms with E-state index in [9.17, 15) is 14.4 Å². The molecule has 0 fully saturated rings. The van der Waals surface area contributed by atoms with E-state index in [4.69, 9.17) is 4.74 Å². The largest absolute Gasteiger partial charge is 0.462 e. The van der Waals surface area contributed by atoms with Crippen molar-refractivity contribution in [1.82, 2.24) is 10.2 Å². The number of rotatable bonds is 3. The minimum atomic E-state index is -0.478. The third-order valence-corrected chi connectivity index (χ3v) is 3.15. The minimum Gasteiger partial charge on any atom is -0.462 e. The van der Waals surface area contributed by atoms with Crippen LogP contribution in [0.2, 0.25) is 0 Å². The molecule has 1 aromatic heterocycles. The molecular weight excluding hydrogens is 260 g/mol. The second-order valence-corrected chi connectivity index (χ2v) is 4.39. The van der Waals surface area contributed by atoms with Crippen LogP contribution in [-0.4, -0.2) is 29.1 Å². The molecule has 2 aromatic rings. The summed E-state index contributed by atoms with van der Waals surface area (Å²) in [4.78, 5) is 34.9. The average molecular weight is 274 g/mol. The van der Waals surface area contributed by atoms with Gasteiger partial charge in [-0.2, -0.15) is 5.10 Å². The van der Waals surface area contributed by atoms with Gasteiger partial charge < -0.3 is 4.74 Å². The number of nitrogens with one attached hydrogen (secondary N) is 1. The van der Waals surface area contributed by atoms with Gasteiger partial charge in [-0.15, -0.1) is 0 Å². The van der Waals surface area contributed by atoms with E-state index in [0.717, 1.165) is 0 Å². The molecule has 1 N–H and O–H groups in total. The Morgan fingerprint density at radius 2 is 2.15 bits per heavy atom. The lowest BCUT2D eigenvalue weighted by Gasteiger charge is -2.12. The van der Waals surface area contributed by atoms with E-state index in [1.54, 1.807) is 26.8 Å². The fourth-order valence-electron chi connectivity index (χ4n) is 2.31. The maximum Gasteiger partial charge on any atom is 0.338 e. The molecule has 0 bridgehead atoms. The number of hydrogen-bond acceptors (Lipinski definition) is 5. The number of benzene rings is 1. The van der Waals surface area contributed by atoms with Crippen LogP contribution in [0.1, 0.15) is 38.9 Å². The number of aryl methyl sites for hydroxylation is 2. The van der Waals surface area contributed by atoms with E-state index < -0.39 is 11.5 Å². The number of fused-ring (bicyclic) bond motifs is 1. The smallest absolute Gasteiger partial charge is 0.338 e. The van der Waals surface area contributed by atoms with Crippen molar-refractivity contribution in [2.45, 2.75) is 20.8 Å². The predicted octanol–water partition coefficient (Wildman–Crippen LogP) is 1.53. The molecule has 6 heteroatoms. The highest BCUT2D eigenvalue weighted by Crippen LogP contribution is 2.24. The Hall–Kier alpha value is -2.50. The standard InChI is InChI=1S/C14H14N2O4/c1-4-20-14(19)11-7(2)5-9-10(6-17)15-16-13(18)12(9)8(11)3/h5-6H,4H2,1-3H3,(H,16,18). The summed E-state index contributed by atoms with van der Waals surface area (Å²) in [6, 6.07) is 1.61. The van der Waals surface area contributed by atoms with Gasteiger partial charge in [0.05, 0.1) is 17.6 Å². The zero-order chi connectivity index (χ0) is 14.9. The first kappa shape index (κ1) is 13.9. The molecule has 0 aliphatic heterocycles. The molecular formula is C14H14N2O4. The third kappa shape index (κ3) is 2.09. The maximum absolute atomic E-state index is 12.0. The summed E-state index contributed by atoms with van der Waals surface area (Å²) < 4.78 is 5.00. The van der Waals surface area contributed by atoms with Gasteiger partial charge in [0, 0.05) is 5.39 Å².